The fourth-order valence-corrected chi connectivity index (χ4v) is 3.18. The smallest absolute Gasteiger partial charge is 0.410 e. The Morgan fingerprint density at radius 2 is 1.80 bits per heavy atom. The normalized spacial score (nSPS) is 13.3. The fourth-order valence-electron chi connectivity index (χ4n) is 3.18. The van der Waals surface area contributed by atoms with Crippen molar-refractivity contribution in [3.05, 3.63) is 47.2 Å². The van der Waals surface area contributed by atoms with Crippen molar-refractivity contribution >= 4 is 23.7 Å². The number of hydrogen-bond donors (Lipinski definition) is 1. The monoisotopic (exact) mass is 412 g/mol. The van der Waals surface area contributed by atoms with E-state index in [1.54, 1.807) is 34.6 Å². The zero-order valence-electron chi connectivity index (χ0n) is 18.1. The van der Waals surface area contributed by atoms with E-state index in [2.05, 4.69) is 10.4 Å². The minimum atomic E-state index is -0.627. The van der Waals surface area contributed by atoms with Crippen LogP contribution in [0.3, 0.4) is 0 Å². The molecule has 0 fully saturated rings. The van der Waals surface area contributed by atoms with E-state index in [1.807, 2.05) is 30.3 Å². The number of rotatable bonds is 4. The third-order valence-corrected chi connectivity index (χ3v) is 4.60. The Hall–Kier alpha value is -3.16. The number of fused-ring (bicyclic) bond motifs is 1. The highest BCUT2D eigenvalue weighted by Gasteiger charge is 2.35. The zero-order chi connectivity index (χ0) is 22.1. The lowest BCUT2D eigenvalue weighted by Crippen LogP contribution is -2.34. The van der Waals surface area contributed by atoms with Crippen molar-refractivity contribution in [2.45, 2.75) is 59.7 Å². The largest absolute Gasteiger partial charge is 0.444 e. The molecule has 0 saturated carbocycles. The number of ether oxygens (including phenoxy) is 1. The molecule has 1 N–H and O–H groups in total. The van der Waals surface area contributed by atoms with Crippen LogP contribution in [0.25, 0.3) is 0 Å². The summed E-state index contributed by atoms with van der Waals surface area (Å²) in [5.41, 5.74) is 1.52. The van der Waals surface area contributed by atoms with Gasteiger partial charge in [0.15, 0.2) is 5.82 Å². The minimum Gasteiger partial charge on any atom is -0.444 e. The lowest BCUT2D eigenvalue weighted by molar-refractivity contribution is -0.115. The third kappa shape index (κ3) is 4.87. The first kappa shape index (κ1) is 21.5. The Bertz CT molecular complexity index is 958. The van der Waals surface area contributed by atoms with Crippen molar-refractivity contribution in [2.24, 2.45) is 5.92 Å². The maximum atomic E-state index is 12.7. The molecule has 2 aromatic rings. The summed E-state index contributed by atoms with van der Waals surface area (Å²) in [6.45, 7) is 9.38. The number of nitrogens with one attached hydrogen (secondary N) is 1. The first-order chi connectivity index (χ1) is 14.0. The van der Waals surface area contributed by atoms with E-state index < -0.39 is 11.7 Å². The Kier molecular flexibility index (Phi) is 5.96. The van der Waals surface area contributed by atoms with E-state index in [1.165, 1.54) is 9.58 Å². The van der Waals surface area contributed by atoms with Gasteiger partial charge in [-0.1, -0.05) is 44.2 Å². The van der Waals surface area contributed by atoms with Crippen LogP contribution in [-0.4, -0.2) is 38.2 Å². The quantitative estimate of drug-likeness (QED) is 0.828. The molecule has 0 spiro atoms. The molecule has 0 atom stereocenters. The summed E-state index contributed by atoms with van der Waals surface area (Å²) in [7, 11) is 0. The van der Waals surface area contributed by atoms with Crippen LogP contribution < -0.4 is 5.32 Å². The van der Waals surface area contributed by atoms with Crippen LogP contribution in [0.4, 0.5) is 10.6 Å². The van der Waals surface area contributed by atoms with Crippen molar-refractivity contribution in [3.63, 3.8) is 0 Å². The Morgan fingerprint density at radius 3 is 2.40 bits per heavy atom. The topological polar surface area (TPSA) is 93.5 Å². The molecule has 160 valence electrons. The number of carbonyl (C=O) groups excluding carboxylic acids is 3. The molecule has 30 heavy (non-hydrogen) atoms. The summed E-state index contributed by atoms with van der Waals surface area (Å²) in [6, 6.07) is 9.37. The van der Waals surface area contributed by atoms with Crippen molar-refractivity contribution in [3.8, 4) is 0 Å². The van der Waals surface area contributed by atoms with Gasteiger partial charge in [0, 0.05) is 11.5 Å². The van der Waals surface area contributed by atoms with Crippen molar-refractivity contribution < 1.29 is 19.1 Å². The first-order valence-corrected chi connectivity index (χ1v) is 10.0. The molecule has 3 rings (SSSR count). The summed E-state index contributed by atoms with van der Waals surface area (Å²) < 4.78 is 6.76. The second-order valence-corrected chi connectivity index (χ2v) is 8.73. The van der Waals surface area contributed by atoms with Crippen molar-refractivity contribution in [2.75, 3.05) is 5.32 Å². The standard InChI is InChI=1S/C22H28N4O4/c1-14(2)20(28)26-17-13-25(21(29)30-22(3,4)5)12-16(17)19(24-26)23-18(27)11-15-9-7-6-8-10-15/h6-10,14H,11-13H2,1-5H3,(H,23,24,27). The number of amides is 2. The predicted octanol–water partition coefficient (Wildman–Crippen LogP) is 3.61. The summed E-state index contributed by atoms with van der Waals surface area (Å²) >= 11 is 0. The summed E-state index contributed by atoms with van der Waals surface area (Å²) in [5.74, 6) is -0.398. The van der Waals surface area contributed by atoms with Crippen LogP contribution in [0.5, 0.6) is 0 Å². The average Bonchev–Trinajstić information content (AvgIpc) is 3.21. The summed E-state index contributed by atoms with van der Waals surface area (Å²) in [4.78, 5) is 39.2. The van der Waals surface area contributed by atoms with Gasteiger partial charge in [-0.2, -0.15) is 0 Å². The van der Waals surface area contributed by atoms with E-state index in [0.717, 1.165) is 5.56 Å². The highest BCUT2D eigenvalue weighted by atomic mass is 16.6. The Balaban J connectivity index is 1.83. The molecule has 2 heterocycles. The van der Waals surface area contributed by atoms with Gasteiger partial charge in [-0.3, -0.25) is 14.5 Å². The van der Waals surface area contributed by atoms with E-state index in [0.29, 0.717) is 17.1 Å². The second kappa shape index (κ2) is 8.30. The third-order valence-electron chi connectivity index (χ3n) is 4.60. The van der Waals surface area contributed by atoms with Crippen LogP contribution in [0, 0.1) is 5.92 Å². The SMILES string of the molecule is CC(C)C(=O)n1nc(NC(=O)Cc2ccccc2)c2c1CN(C(=O)OC(C)(C)C)C2. The Morgan fingerprint density at radius 1 is 1.13 bits per heavy atom. The highest BCUT2D eigenvalue weighted by Crippen LogP contribution is 2.31. The maximum absolute atomic E-state index is 12.7. The number of benzene rings is 1. The molecule has 0 aliphatic carbocycles. The maximum Gasteiger partial charge on any atom is 0.410 e. The number of aromatic nitrogens is 2. The zero-order valence-corrected chi connectivity index (χ0v) is 18.1. The van der Waals surface area contributed by atoms with Crippen molar-refractivity contribution in [1.82, 2.24) is 14.7 Å². The average molecular weight is 412 g/mol. The molecule has 1 aromatic heterocycles. The lowest BCUT2D eigenvalue weighted by Gasteiger charge is -2.24. The van der Waals surface area contributed by atoms with Crippen LogP contribution >= 0.6 is 0 Å². The van der Waals surface area contributed by atoms with E-state index in [-0.39, 0.29) is 37.2 Å². The molecule has 0 bridgehead atoms. The molecule has 1 aliphatic heterocycles. The van der Waals surface area contributed by atoms with Gasteiger partial charge in [-0.15, -0.1) is 5.10 Å². The summed E-state index contributed by atoms with van der Waals surface area (Å²) in [5, 5.41) is 7.17. The van der Waals surface area contributed by atoms with Crippen molar-refractivity contribution in [1.29, 1.82) is 0 Å². The molecule has 2 amide bonds. The van der Waals surface area contributed by atoms with E-state index >= 15 is 0 Å². The van der Waals surface area contributed by atoms with Gasteiger partial charge in [-0.25, -0.2) is 9.48 Å². The molecule has 0 saturated heterocycles. The predicted molar refractivity (Wildman–Crippen MR) is 112 cm³/mol. The Labute approximate surface area is 176 Å². The van der Waals surface area contributed by atoms with Crippen LogP contribution in [0.2, 0.25) is 0 Å². The minimum absolute atomic E-state index is 0.191. The van der Waals surface area contributed by atoms with Gasteiger partial charge in [0.1, 0.15) is 5.60 Å². The van der Waals surface area contributed by atoms with Crippen LogP contribution in [-0.2, 0) is 29.0 Å². The number of nitrogens with zero attached hydrogens (tertiary/aromatic N) is 3. The molecule has 8 heteroatoms. The molecule has 8 nitrogen and oxygen atoms in total. The molecule has 0 unspecified atom stereocenters. The van der Waals surface area contributed by atoms with Gasteiger partial charge < -0.3 is 10.1 Å². The number of hydrogen-bond acceptors (Lipinski definition) is 5. The fraction of sp³-hybridized carbons (Fsp3) is 0.455. The van der Waals surface area contributed by atoms with Crippen LogP contribution in [0.15, 0.2) is 30.3 Å². The molecule has 0 radical (unpaired) electrons. The van der Waals surface area contributed by atoms with Gasteiger partial charge in [0.2, 0.25) is 11.8 Å². The van der Waals surface area contributed by atoms with Gasteiger partial charge in [-0.05, 0) is 26.3 Å². The second-order valence-electron chi connectivity index (χ2n) is 8.73. The summed E-state index contributed by atoms with van der Waals surface area (Å²) in [6.07, 6.45) is -0.278. The first-order valence-electron chi connectivity index (χ1n) is 10.0. The number of anilines is 1. The van der Waals surface area contributed by atoms with Gasteiger partial charge >= 0.3 is 6.09 Å². The lowest BCUT2D eigenvalue weighted by atomic mass is 10.1. The number of carbonyl (C=O) groups is 3. The molecular formula is C22H28N4O4. The molecule has 1 aromatic carbocycles. The van der Waals surface area contributed by atoms with Gasteiger partial charge in [0.05, 0.1) is 25.2 Å². The van der Waals surface area contributed by atoms with E-state index in [4.69, 9.17) is 4.74 Å². The molecular weight excluding hydrogens is 384 g/mol. The van der Waals surface area contributed by atoms with Crippen LogP contribution in [0.1, 0.15) is 56.2 Å². The van der Waals surface area contributed by atoms with E-state index in [9.17, 15) is 14.4 Å². The highest BCUT2D eigenvalue weighted by molar-refractivity contribution is 5.93. The van der Waals surface area contributed by atoms with Gasteiger partial charge in [0.25, 0.3) is 0 Å². The molecule has 1 aliphatic rings.